The molecule has 2 rings (SSSR count). The summed E-state index contributed by atoms with van der Waals surface area (Å²) in [5.41, 5.74) is 4.56. The van der Waals surface area contributed by atoms with E-state index in [2.05, 4.69) is 0 Å². The summed E-state index contributed by atoms with van der Waals surface area (Å²) in [5.74, 6) is 0. The Labute approximate surface area is 127 Å². The summed E-state index contributed by atoms with van der Waals surface area (Å²) in [4.78, 5) is -0.707. The van der Waals surface area contributed by atoms with Crippen molar-refractivity contribution in [1.82, 2.24) is 4.31 Å². The largest absolute Gasteiger partial charge is 0.417 e. The van der Waals surface area contributed by atoms with Gasteiger partial charge in [-0.1, -0.05) is 12.1 Å². The second-order valence-electron chi connectivity index (χ2n) is 4.76. The zero-order valence-corrected chi connectivity index (χ0v) is 12.6. The van der Waals surface area contributed by atoms with E-state index in [1.165, 1.54) is 12.1 Å². The number of hydrogen-bond acceptors (Lipinski definition) is 3. The highest BCUT2D eigenvalue weighted by Crippen LogP contribution is 2.35. The molecule has 1 aromatic carbocycles. The normalized spacial score (nSPS) is 20.9. The molecule has 1 heterocycles. The van der Waals surface area contributed by atoms with Crippen LogP contribution >= 0.6 is 12.4 Å². The van der Waals surface area contributed by atoms with Gasteiger partial charge in [-0.3, -0.25) is 0 Å². The molecule has 1 aliphatic heterocycles. The van der Waals surface area contributed by atoms with Gasteiger partial charge in [0.25, 0.3) is 0 Å². The predicted molar refractivity (Wildman–Crippen MR) is 74.7 cm³/mol. The van der Waals surface area contributed by atoms with Gasteiger partial charge < -0.3 is 5.73 Å². The Morgan fingerprint density at radius 2 is 1.86 bits per heavy atom. The Balaban J connectivity index is 0.00000220. The van der Waals surface area contributed by atoms with Crippen LogP contribution < -0.4 is 5.73 Å². The first-order valence-corrected chi connectivity index (χ1v) is 7.59. The third-order valence-corrected chi connectivity index (χ3v) is 5.15. The second-order valence-corrected chi connectivity index (χ2v) is 6.67. The molecular formula is C12H16ClF3N2O2S. The van der Waals surface area contributed by atoms with E-state index in [1.54, 1.807) is 0 Å². The SMILES string of the molecule is Cl.NC1CCCN(S(=O)(=O)c2ccccc2C(F)(F)F)C1. The van der Waals surface area contributed by atoms with Gasteiger partial charge >= 0.3 is 6.18 Å². The fourth-order valence-corrected chi connectivity index (χ4v) is 4.00. The van der Waals surface area contributed by atoms with Crippen molar-refractivity contribution in [2.75, 3.05) is 13.1 Å². The molecule has 4 nitrogen and oxygen atoms in total. The van der Waals surface area contributed by atoms with Crippen molar-refractivity contribution in [3.8, 4) is 0 Å². The number of nitrogens with zero attached hydrogens (tertiary/aromatic N) is 1. The molecule has 120 valence electrons. The molecular weight excluding hydrogens is 329 g/mol. The van der Waals surface area contributed by atoms with Gasteiger partial charge in [0.2, 0.25) is 10.0 Å². The van der Waals surface area contributed by atoms with Crippen molar-refractivity contribution in [2.24, 2.45) is 5.73 Å². The van der Waals surface area contributed by atoms with Crippen LogP contribution in [0.4, 0.5) is 13.2 Å². The maximum Gasteiger partial charge on any atom is 0.417 e. The lowest BCUT2D eigenvalue weighted by molar-refractivity contribution is -0.139. The molecule has 1 atom stereocenters. The van der Waals surface area contributed by atoms with E-state index in [9.17, 15) is 21.6 Å². The summed E-state index contributed by atoms with van der Waals surface area (Å²) in [7, 11) is -4.18. The van der Waals surface area contributed by atoms with E-state index in [1.807, 2.05) is 0 Å². The second kappa shape index (κ2) is 6.51. The molecule has 1 aromatic rings. The molecule has 1 saturated heterocycles. The molecule has 0 aliphatic carbocycles. The minimum absolute atomic E-state index is 0. The average molecular weight is 345 g/mol. The smallest absolute Gasteiger partial charge is 0.327 e. The number of benzene rings is 1. The van der Waals surface area contributed by atoms with Crippen LogP contribution in [0.2, 0.25) is 0 Å². The van der Waals surface area contributed by atoms with Gasteiger partial charge in [0.05, 0.1) is 10.5 Å². The maximum absolute atomic E-state index is 12.9. The first-order chi connectivity index (χ1) is 9.23. The lowest BCUT2D eigenvalue weighted by Crippen LogP contribution is -2.45. The first-order valence-electron chi connectivity index (χ1n) is 6.15. The number of rotatable bonds is 2. The third-order valence-electron chi connectivity index (χ3n) is 3.23. The Hall–Kier alpha value is -0.830. The minimum Gasteiger partial charge on any atom is -0.327 e. The summed E-state index contributed by atoms with van der Waals surface area (Å²) >= 11 is 0. The molecule has 21 heavy (non-hydrogen) atoms. The highest BCUT2D eigenvalue weighted by atomic mass is 35.5. The zero-order valence-electron chi connectivity index (χ0n) is 11.0. The first kappa shape index (κ1) is 18.2. The summed E-state index contributed by atoms with van der Waals surface area (Å²) in [6.45, 7) is 0.247. The molecule has 1 aliphatic rings. The van der Waals surface area contributed by atoms with Crippen molar-refractivity contribution in [3.63, 3.8) is 0 Å². The summed E-state index contributed by atoms with van der Waals surface area (Å²) in [6, 6.07) is 3.88. The van der Waals surface area contributed by atoms with Crippen molar-refractivity contribution >= 4 is 22.4 Å². The average Bonchev–Trinajstić information content (AvgIpc) is 2.38. The zero-order chi connectivity index (χ0) is 15.0. The van der Waals surface area contributed by atoms with Crippen molar-refractivity contribution in [1.29, 1.82) is 0 Å². The fraction of sp³-hybridized carbons (Fsp3) is 0.500. The highest BCUT2D eigenvalue weighted by molar-refractivity contribution is 7.89. The van der Waals surface area contributed by atoms with E-state index >= 15 is 0 Å². The highest BCUT2D eigenvalue weighted by Gasteiger charge is 2.39. The molecule has 0 bridgehead atoms. The molecule has 1 unspecified atom stereocenters. The van der Waals surface area contributed by atoms with Crippen molar-refractivity contribution < 1.29 is 21.6 Å². The van der Waals surface area contributed by atoms with Crippen molar-refractivity contribution in [3.05, 3.63) is 29.8 Å². The molecule has 1 fully saturated rings. The van der Waals surface area contributed by atoms with Crippen LogP contribution in [0.5, 0.6) is 0 Å². The molecule has 2 N–H and O–H groups in total. The van der Waals surface area contributed by atoms with E-state index < -0.39 is 26.7 Å². The Morgan fingerprint density at radius 1 is 1.24 bits per heavy atom. The van der Waals surface area contributed by atoms with Crippen LogP contribution in [0.1, 0.15) is 18.4 Å². The van der Waals surface area contributed by atoms with Gasteiger partial charge in [0.1, 0.15) is 0 Å². The fourth-order valence-electron chi connectivity index (χ4n) is 2.26. The number of hydrogen-bond donors (Lipinski definition) is 1. The molecule has 0 spiro atoms. The van der Waals surface area contributed by atoms with Gasteiger partial charge in [0.15, 0.2) is 0 Å². The van der Waals surface area contributed by atoms with Gasteiger partial charge in [-0.25, -0.2) is 8.42 Å². The Morgan fingerprint density at radius 3 is 2.43 bits per heavy atom. The van der Waals surface area contributed by atoms with E-state index in [4.69, 9.17) is 5.73 Å². The quantitative estimate of drug-likeness (QED) is 0.895. The lowest BCUT2D eigenvalue weighted by atomic mass is 10.1. The van der Waals surface area contributed by atoms with Crippen LogP contribution in [0.3, 0.4) is 0 Å². The monoisotopic (exact) mass is 344 g/mol. The minimum atomic E-state index is -4.71. The number of nitrogens with two attached hydrogens (primary N) is 1. The van der Waals surface area contributed by atoms with Crippen LogP contribution in [-0.4, -0.2) is 31.9 Å². The molecule has 9 heteroatoms. The van der Waals surface area contributed by atoms with Crippen LogP contribution in [0.25, 0.3) is 0 Å². The Bertz CT molecular complexity index is 592. The topological polar surface area (TPSA) is 63.4 Å². The number of piperidine rings is 1. The number of alkyl halides is 3. The summed E-state index contributed by atoms with van der Waals surface area (Å²) < 4.78 is 64.5. The van der Waals surface area contributed by atoms with Crippen LogP contribution in [-0.2, 0) is 16.2 Å². The number of sulfonamides is 1. The number of halogens is 4. The van der Waals surface area contributed by atoms with Crippen LogP contribution in [0, 0.1) is 0 Å². The Kier molecular flexibility index (Phi) is 5.65. The van der Waals surface area contributed by atoms with Crippen LogP contribution in [0.15, 0.2) is 29.2 Å². The molecule has 0 amide bonds. The van der Waals surface area contributed by atoms with E-state index in [0.29, 0.717) is 12.8 Å². The summed E-state index contributed by atoms with van der Waals surface area (Å²) in [6.07, 6.45) is -3.48. The lowest BCUT2D eigenvalue weighted by Gasteiger charge is -2.30. The third kappa shape index (κ3) is 3.88. The van der Waals surface area contributed by atoms with E-state index in [-0.39, 0.29) is 31.5 Å². The standard InChI is InChI=1S/C12H15F3N2O2S.ClH/c13-12(14,15)10-5-1-2-6-11(10)20(18,19)17-7-3-4-9(16)8-17;/h1-2,5-6,9H,3-4,7-8,16H2;1H. The van der Waals surface area contributed by atoms with Crippen molar-refractivity contribution in [2.45, 2.75) is 30.0 Å². The van der Waals surface area contributed by atoms with E-state index in [0.717, 1.165) is 16.4 Å². The van der Waals surface area contributed by atoms with Gasteiger partial charge in [0, 0.05) is 19.1 Å². The van der Waals surface area contributed by atoms with Gasteiger partial charge in [-0.2, -0.15) is 17.5 Å². The molecule has 0 radical (unpaired) electrons. The summed E-state index contributed by atoms with van der Waals surface area (Å²) in [5, 5.41) is 0. The maximum atomic E-state index is 12.9. The van der Waals surface area contributed by atoms with Gasteiger partial charge in [-0.05, 0) is 25.0 Å². The van der Waals surface area contributed by atoms with Gasteiger partial charge in [-0.15, -0.1) is 12.4 Å². The molecule has 0 aromatic heterocycles. The predicted octanol–water partition coefficient (Wildman–Crippen LogP) is 2.24. The molecule has 0 saturated carbocycles.